The van der Waals surface area contributed by atoms with Crippen molar-refractivity contribution in [3.8, 4) is 5.75 Å². The van der Waals surface area contributed by atoms with Gasteiger partial charge in [-0.25, -0.2) is 0 Å². The Balaban J connectivity index is -0.000000333. The van der Waals surface area contributed by atoms with Crippen LogP contribution < -0.4 is 4.74 Å². The van der Waals surface area contributed by atoms with Gasteiger partial charge in [0.1, 0.15) is 5.75 Å². The summed E-state index contributed by atoms with van der Waals surface area (Å²) in [5, 5.41) is 0.900. The number of benzene rings is 1. The molecule has 0 unspecified atom stereocenters. The van der Waals surface area contributed by atoms with E-state index in [0.29, 0.717) is 0 Å². The third kappa shape index (κ3) is 3.45. The minimum Gasteiger partial charge on any atom is -1.00 e. The van der Waals surface area contributed by atoms with Gasteiger partial charge in [-0.05, 0) is 17.7 Å². The van der Waals surface area contributed by atoms with Crippen molar-refractivity contribution in [1.82, 2.24) is 0 Å². The molecule has 58 valence electrons. The fourth-order valence-corrected chi connectivity index (χ4v) is 1.09. The third-order valence-electron chi connectivity index (χ3n) is 1.31. The van der Waals surface area contributed by atoms with Crippen molar-refractivity contribution in [2.45, 2.75) is 5.33 Å². The number of alkyl halides is 1. The number of methoxy groups -OCH3 is 1. The van der Waals surface area contributed by atoms with Crippen LogP contribution in [0.1, 0.15) is 8.42 Å². The van der Waals surface area contributed by atoms with Crippen molar-refractivity contribution in [2.24, 2.45) is 0 Å². The van der Waals surface area contributed by atoms with Gasteiger partial charge in [0.05, 0.1) is 7.11 Å². The summed E-state index contributed by atoms with van der Waals surface area (Å²) >= 11 is 3.36. The summed E-state index contributed by atoms with van der Waals surface area (Å²) in [7, 11) is 1.67. The third-order valence-corrected chi connectivity index (χ3v) is 1.96. The van der Waals surface area contributed by atoms with Crippen LogP contribution in [-0.4, -0.2) is 30.2 Å². The summed E-state index contributed by atoms with van der Waals surface area (Å²) in [6.07, 6.45) is 0. The summed E-state index contributed by atoms with van der Waals surface area (Å²) in [6.45, 7) is 0. The van der Waals surface area contributed by atoms with E-state index in [4.69, 9.17) is 4.74 Å². The van der Waals surface area contributed by atoms with E-state index in [0.717, 1.165) is 11.1 Å². The second-order valence-corrected chi connectivity index (χ2v) is 2.54. The van der Waals surface area contributed by atoms with Crippen molar-refractivity contribution < 1.29 is 7.59 Å². The molecule has 0 saturated heterocycles. The van der Waals surface area contributed by atoms with Gasteiger partial charge in [0.2, 0.25) is 0 Å². The maximum Gasteiger partial charge on any atom is 2.00 e. The molecule has 1 aromatic rings. The number of rotatable bonds is 2. The normalized spacial score (nSPS) is 8.55. The minimum absolute atomic E-state index is 0. The van der Waals surface area contributed by atoms with Gasteiger partial charge in [0.15, 0.2) is 0 Å². The summed E-state index contributed by atoms with van der Waals surface area (Å²) in [5.41, 5.74) is 1.26. The average Bonchev–Trinajstić information content (AvgIpc) is 2.05. The molecule has 1 rings (SSSR count). The van der Waals surface area contributed by atoms with Crippen molar-refractivity contribution in [3.63, 3.8) is 0 Å². The van der Waals surface area contributed by atoms with E-state index in [-0.39, 0.29) is 25.9 Å². The summed E-state index contributed by atoms with van der Waals surface area (Å²) in [6, 6.07) is 7.98. The standard InChI is InChI=1S/C8H9BrO.Mg.2H/c1-10-8-4-2-7(6-9)3-5-8;;;/h2-5H,6H2,1H3;;;/q;+2;2*-1. The molecular weight excluding hydrogens is 216 g/mol. The first-order valence-corrected chi connectivity index (χ1v) is 4.18. The Kier molecular flexibility index (Phi) is 6.00. The molecule has 0 heterocycles. The molecule has 3 heteroatoms. The van der Waals surface area contributed by atoms with Crippen LogP contribution in [0, 0.1) is 0 Å². The van der Waals surface area contributed by atoms with Gasteiger partial charge < -0.3 is 7.59 Å². The Bertz CT molecular complexity index is 183. The average molecular weight is 227 g/mol. The first-order valence-electron chi connectivity index (χ1n) is 3.05. The second-order valence-electron chi connectivity index (χ2n) is 1.98. The zero-order valence-corrected chi connectivity index (χ0v) is 9.51. The zero-order chi connectivity index (χ0) is 7.40. The van der Waals surface area contributed by atoms with E-state index >= 15 is 0 Å². The quantitative estimate of drug-likeness (QED) is 0.557. The Labute approximate surface area is 94.4 Å². The predicted octanol–water partition coefficient (Wildman–Crippen LogP) is 2.43. The Morgan fingerprint density at radius 1 is 1.36 bits per heavy atom. The molecule has 0 amide bonds. The molecule has 1 nitrogen and oxygen atoms in total. The molecular formula is C8H11BrMgO. The fourth-order valence-electron chi connectivity index (χ4n) is 0.715. The van der Waals surface area contributed by atoms with E-state index in [9.17, 15) is 0 Å². The molecule has 1 aromatic carbocycles. The smallest absolute Gasteiger partial charge is 1.00 e. The van der Waals surface area contributed by atoms with Crippen LogP contribution >= 0.6 is 15.9 Å². The molecule has 0 aromatic heterocycles. The molecule has 0 radical (unpaired) electrons. The van der Waals surface area contributed by atoms with E-state index in [1.54, 1.807) is 7.11 Å². The van der Waals surface area contributed by atoms with Crippen LogP contribution in [0.3, 0.4) is 0 Å². The van der Waals surface area contributed by atoms with Crippen LogP contribution in [0.4, 0.5) is 0 Å². The van der Waals surface area contributed by atoms with Crippen LogP contribution in [0.2, 0.25) is 0 Å². The Morgan fingerprint density at radius 3 is 2.27 bits per heavy atom. The molecule has 0 fully saturated rings. The van der Waals surface area contributed by atoms with E-state index in [1.807, 2.05) is 24.3 Å². The van der Waals surface area contributed by atoms with Gasteiger partial charge in [0, 0.05) is 5.33 Å². The minimum atomic E-state index is 0. The number of halogens is 1. The van der Waals surface area contributed by atoms with Gasteiger partial charge in [-0.1, -0.05) is 28.1 Å². The van der Waals surface area contributed by atoms with E-state index in [1.165, 1.54) is 5.56 Å². The zero-order valence-electron chi connectivity index (χ0n) is 8.51. The molecule has 0 N–H and O–H groups in total. The van der Waals surface area contributed by atoms with Crippen LogP contribution in [-0.2, 0) is 5.33 Å². The number of hydrogen-bond acceptors (Lipinski definition) is 1. The van der Waals surface area contributed by atoms with Gasteiger partial charge in [-0.2, -0.15) is 0 Å². The Morgan fingerprint density at radius 2 is 1.91 bits per heavy atom. The van der Waals surface area contributed by atoms with Crippen molar-refractivity contribution in [2.75, 3.05) is 7.11 Å². The first kappa shape index (κ1) is 11.3. The van der Waals surface area contributed by atoms with Crippen LogP contribution in [0.15, 0.2) is 24.3 Å². The summed E-state index contributed by atoms with van der Waals surface area (Å²) in [4.78, 5) is 0. The predicted molar refractivity (Wildman–Crippen MR) is 53.6 cm³/mol. The fraction of sp³-hybridized carbons (Fsp3) is 0.250. The molecule has 0 aliphatic heterocycles. The van der Waals surface area contributed by atoms with E-state index < -0.39 is 0 Å². The Hall–Kier alpha value is 0.266. The van der Waals surface area contributed by atoms with Gasteiger partial charge in [-0.3, -0.25) is 0 Å². The molecule has 0 atom stereocenters. The molecule has 0 saturated carbocycles. The van der Waals surface area contributed by atoms with Gasteiger partial charge >= 0.3 is 23.1 Å². The van der Waals surface area contributed by atoms with Crippen LogP contribution in [0.25, 0.3) is 0 Å². The summed E-state index contributed by atoms with van der Waals surface area (Å²) in [5.74, 6) is 0.907. The first-order chi connectivity index (χ1) is 4.86. The molecule has 0 aliphatic carbocycles. The van der Waals surface area contributed by atoms with Crippen molar-refractivity contribution in [1.29, 1.82) is 0 Å². The van der Waals surface area contributed by atoms with Crippen molar-refractivity contribution >= 4 is 39.0 Å². The van der Waals surface area contributed by atoms with Crippen LogP contribution in [0.5, 0.6) is 5.75 Å². The largest absolute Gasteiger partial charge is 2.00 e. The second kappa shape index (κ2) is 5.86. The topological polar surface area (TPSA) is 9.23 Å². The maximum atomic E-state index is 5.00. The number of ether oxygens (including phenoxy) is 1. The molecule has 11 heavy (non-hydrogen) atoms. The molecule has 0 bridgehead atoms. The van der Waals surface area contributed by atoms with Gasteiger partial charge in [-0.15, -0.1) is 0 Å². The maximum absolute atomic E-state index is 5.00. The van der Waals surface area contributed by atoms with E-state index in [2.05, 4.69) is 15.9 Å². The monoisotopic (exact) mass is 226 g/mol. The number of hydrogen-bond donors (Lipinski definition) is 0. The van der Waals surface area contributed by atoms with Crippen molar-refractivity contribution in [3.05, 3.63) is 29.8 Å². The van der Waals surface area contributed by atoms with Gasteiger partial charge in [0.25, 0.3) is 0 Å². The summed E-state index contributed by atoms with van der Waals surface area (Å²) < 4.78 is 5.00. The molecule has 0 aliphatic rings. The molecule has 0 spiro atoms. The SMILES string of the molecule is COc1ccc(CBr)cc1.[H-].[H-].[Mg+2].